The molecule has 3 aliphatic rings. The summed E-state index contributed by atoms with van der Waals surface area (Å²) >= 11 is 1.77. The highest BCUT2D eigenvalue weighted by atomic mass is 32.1. The van der Waals surface area contributed by atoms with Crippen molar-refractivity contribution in [3.63, 3.8) is 0 Å². The SMILES string of the molecule is Cc1ccsc1CN1CCN(c2cc(F)cc3c2CN(C2CCC(=O)NC2=O)C3=O)CC1. The number of aryl methyl sites for hydroxylation is 1. The summed E-state index contributed by atoms with van der Waals surface area (Å²) in [4.78, 5) is 44.2. The highest BCUT2D eigenvalue weighted by Gasteiger charge is 2.41. The molecule has 4 heterocycles. The van der Waals surface area contributed by atoms with Gasteiger partial charge >= 0.3 is 0 Å². The zero-order valence-electron chi connectivity index (χ0n) is 17.9. The first kappa shape index (κ1) is 21.1. The zero-order valence-corrected chi connectivity index (χ0v) is 18.7. The molecular weight excluding hydrogens is 431 g/mol. The van der Waals surface area contributed by atoms with Crippen LogP contribution in [-0.2, 0) is 22.7 Å². The summed E-state index contributed by atoms with van der Waals surface area (Å²) in [5.41, 5.74) is 3.13. The molecule has 5 rings (SSSR count). The molecule has 9 heteroatoms. The number of piperazine rings is 1. The smallest absolute Gasteiger partial charge is 0.255 e. The van der Waals surface area contributed by atoms with E-state index in [1.54, 1.807) is 11.3 Å². The molecule has 0 saturated carbocycles. The maximum Gasteiger partial charge on any atom is 0.255 e. The standard InChI is InChI=1S/C23H25FN4O3S/c1-14-4-9-32-20(14)13-26-5-7-27(8-6-26)19-11-15(24)10-16-17(19)12-28(23(16)31)18-2-3-21(29)25-22(18)30/h4,9-11,18H,2-3,5-8,12-13H2,1H3,(H,25,29,30). The molecular formula is C23H25FN4O3S. The molecule has 1 unspecified atom stereocenters. The van der Waals surface area contributed by atoms with Crippen molar-refractivity contribution in [1.82, 2.24) is 15.1 Å². The lowest BCUT2D eigenvalue weighted by atomic mass is 10.0. The number of carbonyl (C=O) groups is 3. The Balaban J connectivity index is 1.33. The predicted octanol–water partition coefficient (Wildman–Crippen LogP) is 2.28. The van der Waals surface area contributed by atoms with Crippen LogP contribution in [-0.4, -0.2) is 59.7 Å². The van der Waals surface area contributed by atoms with Crippen molar-refractivity contribution < 1.29 is 18.8 Å². The van der Waals surface area contributed by atoms with E-state index in [0.717, 1.165) is 44.0 Å². The van der Waals surface area contributed by atoms with E-state index in [1.165, 1.54) is 27.5 Å². The Morgan fingerprint density at radius 1 is 1.16 bits per heavy atom. The van der Waals surface area contributed by atoms with Gasteiger partial charge in [0.2, 0.25) is 11.8 Å². The molecule has 0 bridgehead atoms. The van der Waals surface area contributed by atoms with Crippen molar-refractivity contribution in [1.29, 1.82) is 0 Å². The van der Waals surface area contributed by atoms with Gasteiger partial charge in [0, 0.05) is 67.4 Å². The van der Waals surface area contributed by atoms with E-state index in [4.69, 9.17) is 0 Å². The van der Waals surface area contributed by atoms with Crippen molar-refractivity contribution in [3.05, 3.63) is 51.0 Å². The fraction of sp³-hybridized carbons (Fsp3) is 0.435. The fourth-order valence-corrected chi connectivity index (χ4v) is 5.75. The minimum absolute atomic E-state index is 0.198. The molecule has 1 atom stereocenters. The number of piperidine rings is 1. The largest absolute Gasteiger partial charge is 0.369 e. The topological polar surface area (TPSA) is 73.0 Å². The van der Waals surface area contributed by atoms with Crippen LogP contribution in [0.3, 0.4) is 0 Å². The molecule has 2 fully saturated rings. The molecule has 168 valence electrons. The zero-order chi connectivity index (χ0) is 22.4. The van der Waals surface area contributed by atoms with Crippen LogP contribution in [0.4, 0.5) is 10.1 Å². The van der Waals surface area contributed by atoms with E-state index in [0.29, 0.717) is 12.0 Å². The first-order chi connectivity index (χ1) is 15.4. The third kappa shape index (κ3) is 3.80. The molecule has 1 N–H and O–H groups in total. The lowest BCUT2D eigenvalue weighted by Crippen LogP contribution is -2.52. The molecule has 0 aliphatic carbocycles. The van der Waals surface area contributed by atoms with Gasteiger partial charge in [0.25, 0.3) is 5.91 Å². The van der Waals surface area contributed by atoms with Gasteiger partial charge in [0.15, 0.2) is 0 Å². The number of carbonyl (C=O) groups excluding carboxylic acids is 3. The number of nitrogens with zero attached hydrogens (tertiary/aromatic N) is 3. The summed E-state index contributed by atoms with van der Waals surface area (Å²) < 4.78 is 14.5. The van der Waals surface area contributed by atoms with Crippen molar-refractivity contribution in [2.24, 2.45) is 0 Å². The third-order valence-corrected chi connectivity index (χ3v) is 7.65. The predicted molar refractivity (Wildman–Crippen MR) is 119 cm³/mol. The number of anilines is 1. The van der Waals surface area contributed by atoms with E-state index in [9.17, 15) is 18.8 Å². The second-order valence-electron chi connectivity index (χ2n) is 8.64. The number of rotatable bonds is 4. The second kappa shape index (κ2) is 8.29. The molecule has 3 amide bonds. The van der Waals surface area contributed by atoms with Gasteiger partial charge < -0.3 is 9.80 Å². The molecule has 0 spiro atoms. The van der Waals surface area contributed by atoms with Crippen LogP contribution < -0.4 is 10.2 Å². The summed E-state index contributed by atoms with van der Waals surface area (Å²) in [5, 5.41) is 4.42. The number of benzene rings is 1. The number of halogens is 1. The molecule has 2 aromatic rings. The van der Waals surface area contributed by atoms with Gasteiger partial charge in [-0.1, -0.05) is 0 Å². The summed E-state index contributed by atoms with van der Waals surface area (Å²) in [6, 6.07) is 4.20. The van der Waals surface area contributed by atoms with E-state index >= 15 is 0 Å². The summed E-state index contributed by atoms with van der Waals surface area (Å²) in [6.07, 6.45) is 0.493. The first-order valence-corrected chi connectivity index (χ1v) is 11.8. The Morgan fingerprint density at radius 2 is 1.94 bits per heavy atom. The van der Waals surface area contributed by atoms with Crippen LogP contribution in [0.1, 0.15) is 39.2 Å². The number of thiophene rings is 1. The van der Waals surface area contributed by atoms with Gasteiger partial charge in [-0.15, -0.1) is 11.3 Å². The Morgan fingerprint density at radius 3 is 2.62 bits per heavy atom. The molecule has 2 saturated heterocycles. The van der Waals surface area contributed by atoms with E-state index in [1.807, 2.05) is 0 Å². The number of hydrogen-bond acceptors (Lipinski definition) is 6. The van der Waals surface area contributed by atoms with Crippen molar-refractivity contribution in [2.75, 3.05) is 31.1 Å². The molecule has 3 aliphatic heterocycles. The number of hydrogen-bond donors (Lipinski definition) is 1. The maximum atomic E-state index is 14.5. The minimum Gasteiger partial charge on any atom is -0.369 e. The van der Waals surface area contributed by atoms with Crippen LogP contribution in [0, 0.1) is 12.7 Å². The van der Waals surface area contributed by atoms with Crippen molar-refractivity contribution in [3.8, 4) is 0 Å². The van der Waals surface area contributed by atoms with Crippen LogP contribution in [0.25, 0.3) is 0 Å². The van der Waals surface area contributed by atoms with Gasteiger partial charge in [0.05, 0.1) is 0 Å². The first-order valence-electron chi connectivity index (χ1n) is 10.9. The number of amides is 3. The molecule has 1 aromatic heterocycles. The number of nitrogens with one attached hydrogen (secondary N) is 1. The average Bonchev–Trinajstić information content (AvgIpc) is 3.31. The van der Waals surface area contributed by atoms with Crippen molar-refractivity contribution >= 4 is 34.7 Å². The lowest BCUT2D eigenvalue weighted by molar-refractivity contribution is -0.136. The van der Waals surface area contributed by atoms with Gasteiger partial charge in [-0.05, 0) is 42.5 Å². The highest BCUT2D eigenvalue weighted by molar-refractivity contribution is 7.10. The van der Waals surface area contributed by atoms with Gasteiger partial charge in [-0.3, -0.25) is 24.6 Å². The Hall–Kier alpha value is -2.78. The molecule has 1 aromatic carbocycles. The maximum absolute atomic E-state index is 14.5. The van der Waals surface area contributed by atoms with E-state index in [-0.39, 0.29) is 24.8 Å². The van der Waals surface area contributed by atoms with Crippen LogP contribution in [0.5, 0.6) is 0 Å². The lowest BCUT2D eigenvalue weighted by Gasteiger charge is -2.37. The average molecular weight is 457 g/mol. The second-order valence-corrected chi connectivity index (χ2v) is 9.64. The summed E-state index contributed by atoms with van der Waals surface area (Å²) in [6.45, 7) is 6.50. The fourth-order valence-electron chi connectivity index (χ4n) is 4.81. The van der Waals surface area contributed by atoms with Gasteiger partial charge in [-0.25, -0.2) is 4.39 Å². The normalized spacial score (nSPS) is 21.8. The number of imide groups is 1. The molecule has 0 radical (unpaired) electrons. The van der Waals surface area contributed by atoms with Crippen LogP contribution in [0.2, 0.25) is 0 Å². The third-order valence-electron chi connectivity index (χ3n) is 6.65. The van der Waals surface area contributed by atoms with E-state index in [2.05, 4.69) is 33.5 Å². The van der Waals surface area contributed by atoms with Crippen molar-refractivity contribution in [2.45, 2.75) is 38.9 Å². The van der Waals surface area contributed by atoms with Gasteiger partial charge in [-0.2, -0.15) is 0 Å². The highest BCUT2D eigenvalue weighted by Crippen LogP contribution is 2.35. The van der Waals surface area contributed by atoms with Crippen LogP contribution >= 0.6 is 11.3 Å². The number of fused-ring (bicyclic) bond motifs is 1. The van der Waals surface area contributed by atoms with Gasteiger partial charge in [0.1, 0.15) is 11.9 Å². The molecule has 7 nitrogen and oxygen atoms in total. The Bertz CT molecular complexity index is 1090. The summed E-state index contributed by atoms with van der Waals surface area (Å²) in [7, 11) is 0. The van der Waals surface area contributed by atoms with Crippen LogP contribution in [0.15, 0.2) is 23.6 Å². The Labute approximate surface area is 189 Å². The monoisotopic (exact) mass is 456 g/mol. The Kier molecular flexibility index (Phi) is 5.46. The summed E-state index contributed by atoms with van der Waals surface area (Å²) in [5.74, 6) is -1.57. The quantitative estimate of drug-likeness (QED) is 0.715. The minimum atomic E-state index is -0.700. The molecule has 32 heavy (non-hydrogen) atoms. The van der Waals surface area contributed by atoms with E-state index < -0.39 is 17.8 Å².